The van der Waals surface area contributed by atoms with Crippen LogP contribution in [0.3, 0.4) is 0 Å². The number of hydrogen-bond donors (Lipinski definition) is 2. The molecule has 3 N–H and O–H groups in total. The Balaban J connectivity index is 3.45. The van der Waals surface area contributed by atoms with Gasteiger partial charge in [0.15, 0.2) is 0 Å². The molecule has 1 rings (SSSR count). The van der Waals surface area contributed by atoms with E-state index in [1.165, 1.54) is 4.98 Å². The molecule has 0 aliphatic heterocycles. The maximum Gasteiger partial charge on any atom is 0.432 e. The van der Waals surface area contributed by atoms with Gasteiger partial charge in [-0.05, 0) is 0 Å². The van der Waals surface area contributed by atoms with E-state index in [-0.39, 0.29) is 0 Å². The van der Waals surface area contributed by atoms with Crippen LogP contribution in [0.4, 0.5) is 13.2 Å². The summed E-state index contributed by atoms with van der Waals surface area (Å²) in [6.07, 6.45) is -4.35. The standard InChI is InChI=1S/C6H4F3N3O2/c7-6(8,9)3-2(4(10)13)1-11-5(14)12-3/h1H,(H2,10,13)(H,11,12,14). The Labute approximate surface area is 74.8 Å². The maximum absolute atomic E-state index is 12.2. The van der Waals surface area contributed by atoms with Gasteiger partial charge in [-0.2, -0.15) is 13.2 Å². The second-order valence-corrected chi connectivity index (χ2v) is 2.34. The van der Waals surface area contributed by atoms with E-state index in [1.54, 1.807) is 0 Å². The van der Waals surface area contributed by atoms with Crippen molar-refractivity contribution in [3.05, 3.63) is 27.9 Å². The van der Waals surface area contributed by atoms with Crippen LogP contribution in [-0.4, -0.2) is 15.9 Å². The highest BCUT2D eigenvalue weighted by molar-refractivity contribution is 5.93. The fourth-order valence-corrected chi connectivity index (χ4v) is 0.805. The Hall–Kier alpha value is -1.86. The van der Waals surface area contributed by atoms with Crippen molar-refractivity contribution in [1.29, 1.82) is 0 Å². The number of halogens is 3. The van der Waals surface area contributed by atoms with Crippen molar-refractivity contribution in [3.8, 4) is 0 Å². The number of aromatic amines is 1. The van der Waals surface area contributed by atoms with E-state index in [2.05, 4.69) is 10.7 Å². The fraction of sp³-hybridized carbons (Fsp3) is 0.167. The SMILES string of the molecule is NC(=O)c1cnc(=O)[nH]c1C(F)(F)F. The first-order valence-electron chi connectivity index (χ1n) is 3.28. The highest BCUT2D eigenvalue weighted by Crippen LogP contribution is 2.28. The number of aromatic nitrogens is 2. The van der Waals surface area contributed by atoms with Gasteiger partial charge in [0.1, 0.15) is 5.69 Å². The molecule has 0 saturated heterocycles. The molecule has 1 aromatic rings. The summed E-state index contributed by atoms with van der Waals surface area (Å²) in [4.78, 5) is 25.4. The van der Waals surface area contributed by atoms with Crippen LogP contribution < -0.4 is 11.4 Å². The van der Waals surface area contributed by atoms with Crippen molar-refractivity contribution in [3.63, 3.8) is 0 Å². The van der Waals surface area contributed by atoms with Crippen molar-refractivity contribution < 1.29 is 18.0 Å². The number of alkyl halides is 3. The van der Waals surface area contributed by atoms with Crippen LogP contribution in [-0.2, 0) is 6.18 Å². The molecule has 0 spiro atoms. The molecule has 14 heavy (non-hydrogen) atoms. The molecule has 1 amide bonds. The summed E-state index contributed by atoms with van der Waals surface area (Å²) in [6.45, 7) is 0. The number of primary amides is 1. The van der Waals surface area contributed by atoms with Crippen LogP contribution in [0.5, 0.6) is 0 Å². The first kappa shape index (κ1) is 10.2. The van der Waals surface area contributed by atoms with E-state index >= 15 is 0 Å². The molecule has 0 aromatic carbocycles. The molecule has 0 atom stereocenters. The lowest BCUT2D eigenvalue weighted by Gasteiger charge is -2.08. The predicted molar refractivity (Wildman–Crippen MR) is 38.4 cm³/mol. The second-order valence-electron chi connectivity index (χ2n) is 2.34. The van der Waals surface area contributed by atoms with E-state index < -0.39 is 29.0 Å². The molecule has 0 radical (unpaired) electrons. The zero-order chi connectivity index (χ0) is 10.9. The number of nitrogens with two attached hydrogens (primary N) is 1. The number of nitrogens with one attached hydrogen (secondary N) is 1. The molecule has 0 bridgehead atoms. The van der Waals surface area contributed by atoms with Crippen LogP contribution >= 0.6 is 0 Å². The first-order chi connectivity index (χ1) is 6.32. The minimum absolute atomic E-state index is 0.490. The van der Waals surface area contributed by atoms with E-state index in [4.69, 9.17) is 0 Å². The van der Waals surface area contributed by atoms with Gasteiger partial charge < -0.3 is 10.7 Å². The third-order valence-electron chi connectivity index (χ3n) is 1.36. The molecule has 0 aliphatic carbocycles. The lowest BCUT2D eigenvalue weighted by Crippen LogP contribution is -2.26. The van der Waals surface area contributed by atoms with Gasteiger partial charge in [0.05, 0.1) is 5.56 Å². The number of carbonyl (C=O) groups excluding carboxylic acids is 1. The molecule has 1 aromatic heterocycles. The normalized spacial score (nSPS) is 11.4. The zero-order valence-electron chi connectivity index (χ0n) is 6.55. The van der Waals surface area contributed by atoms with Crippen LogP contribution in [0.1, 0.15) is 16.1 Å². The van der Waals surface area contributed by atoms with E-state index in [9.17, 15) is 22.8 Å². The van der Waals surface area contributed by atoms with Crippen molar-refractivity contribution in [2.75, 3.05) is 0 Å². The minimum Gasteiger partial charge on any atom is -0.365 e. The largest absolute Gasteiger partial charge is 0.432 e. The van der Waals surface area contributed by atoms with Gasteiger partial charge in [0.2, 0.25) is 0 Å². The van der Waals surface area contributed by atoms with Crippen molar-refractivity contribution in [2.24, 2.45) is 5.73 Å². The van der Waals surface area contributed by atoms with E-state index in [0.29, 0.717) is 6.20 Å². The van der Waals surface area contributed by atoms with Crippen LogP contribution in [0.15, 0.2) is 11.0 Å². The highest BCUT2D eigenvalue weighted by atomic mass is 19.4. The average molecular weight is 207 g/mol. The van der Waals surface area contributed by atoms with Gasteiger partial charge >= 0.3 is 11.9 Å². The average Bonchev–Trinajstić information content (AvgIpc) is 2.01. The summed E-state index contributed by atoms with van der Waals surface area (Å²) in [7, 11) is 0. The molecular weight excluding hydrogens is 203 g/mol. The molecule has 0 saturated carbocycles. The topological polar surface area (TPSA) is 88.8 Å². The van der Waals surface area contributed by atoms with E-state index in [1.807, 2.05) is 0 Å². The van der Waals surface area contributed by atoms with E-state index in [0.717, 1.165) is 0 Å². The molecule has 0 fully saturated rings. The van der Waals surface area contributed by atoms with Gasteiger partial charge in [-0.25, -0.2) is 9.78 Å². The molecule has 5 nitrogen and oxygen atoms in total. The fourth-order valence-electron chi connectivity index (χ4n) is 0.805. The number of H-pyrrole nitrogens is 1. The second kappa shape index (κ2) is 3.13. The number of hydrogen-bond acceptors (Lipinski definition) is 3. The highest BCUT2D eigenvalue weighted by Gasteiger charge is 2.36. The number of nitrogens with zero attached hydrogens (tertiary/aromatic N) is 1. The molecule has 76 valence electrons. The summed E-state index contributed by atoms with van der Waals surface area (Å²) < 4.78 is 36.5. The summed E-state index contributed by atoms with van der Waals surface area (Å²) >= 11 is 0. The smallest absolute Gasteiger partial charge is 0.365 e. The summed E-state index contributed by atoms with van der Waals surface area (Å²) in [5.74, 6) is -1.30. The Bertz CT molecular complexity index is 423. The number of carbonyl (C=O) groups is 1. The Morgan fingerprint density at radius 3 is 2.50 bits per heavy atom. The third kappa shape index (κ3) is 1.90. The summed E-state index contributed by atoms with van der Waals surface area (Å²) in [5.41, 5.74) is 1.12. The van der Waals surface area contributed by atoms with Gasteiger partial charge in [-0.3, -0.25) is 4.79 Å². The van der Waals surface area contributed by atoms with Gasteiger partial charge in [0.25, 0.3) is 5.91 Å². The molecule has 1 heterocycles. The summed E-state index contributed by atoms with van der Waals surface area (Å²) in [5, 5.41) is 0. The first-order valence-corrected chi connectivity index (χ1v) is 3.28. The Morgan fingerprint density at radius 2 is 2.07 bits per heavy atom. The van der Waals surface area contributed by atoms with Gasteiger partial charge in [0, 0.05) is 6.20 Å². The lowest BCUT2D eigenvalue weighted by atomic mass is 10.2. The quantitative estimate of drug-likeness (QED) is 0.673. The number of amides is 1. The summed E-state index contributed by atoms with van der Waals surface area (Å²) in [6, 6.07) is 0. The van der Waals surface area contributed by atoms with Gasteiger partial charge in [-0.1, -0.05) is 0 Å². The number of rotatable bonds is 1. The van der Waals surface area contributed by atoms with Crippen LogP contribution in [0, 0.1) is 0 Å². The van der Waals surface area contributed by atoms with Crippen LogP contribution in [0.2, 0.25) is 0 Å². The molecule has 0 unspecified atom stereocenters. The Morgan fingerprint density at radius 1 is 1.50 bits per heavy atom. The molecule has 8 heteroatoms. The third-order valence-corrected chi connectivity index (χ3v) is 1.36. The molecular formula is C6H4F3N3O2. The predicted octanol–water partition coefficient (Wildman–Crippen LogP) is -0.112. The lowest BCUT2D eigenvalue weighted by molar-refractivity contribution is -0.141. The van der Waals surface area contributed by atoms with Crippen molar-refractivity contribution >= 4 is 5.91 Å². The van der Waals surface area contributed by atoms with Crippen molar-refractivity contribution in [1.82, 2.24) is 9.97 Å². The maximum atomic E-state index is 12.2. The molecule has 0 aliphatic rings. The minimum atomic E-state index is -4.84. The monoisotopic (exact) mass is 207 g/mol. The van der Waals surface area contributed by atoms with Crippen molar-refractivity contribution in [2.45, 2.75) is 6.18 Å². The Kier molecular flexibility index (Phi) is 2.28. The van der Waals surface area contributed by atoms with Crippen LogP contribution in [0.25, 0.3) is 0 Å². The zero-order valence-corrected chi connectivity index (χ0v) is 6.55. The van der Waals surface area contributed by atoms with Gasteiger partial charge in [-0.15, -0.1) is 0 Å².